The molecule has 28 heavy (non-hydrogen) atoms. The topological polar surface area (TPSA) is 58.1 Å². The van der Waals surface area contributed by atoms with Crippen molar-refractivity contribution in [2.24, 2.45) is 5.92 Å². The van der Waals surface area contributed by atoms with E-state index in [1.54, 1.807) is 6.20 Å². The molecule has 0 saturated carbocycles. The van der Waals surface area contributed by atoms with E-state index in [0.29, 0.717) is 5.92 Å². The summed E-state index contributed by atoms with van der Waals surface area (Å²) in [6, 6.07) is 13.7. The summed E-state index contributed by atoms with van der Waals surface area (Å²) >= 11 is 1.47. The van der Waals surface area contributed by atoms with Gasteiger partial charge in [-0.25, -0.2) is 0 Å². The fourth-order valence-corrected chi connectivity index (χ4v) is 4.49. The number of thiophene rings is 1. The van der Waals surface area contributed by atoms with Gasteiger partial charge in [0.25, 0.3) is 5.91 Å². The number of carbonyl (C=O) groups is 1. The largest absolute Gasteiger partial charge is 0.343 e. The number of likely N-dealkylation sites (tertiary alicyclic amines) is 1. The highest BCUT2D eigenvalue weighted by atomic mass is 32.1. The van der Waals surface area contributed by atoms with Crippen LogP contribution >= 0.6 is 11.3 Å². The van der Waals surface area contributed by atoms with E-state index >= 15 is 0 Å². The normalized spacial score (nSPS) is 18.5. The maximum Gasteiger partial charge on any atom is 0.261 e. The van der Waals surface area contributed by atoms with Crippen LogP contribution in [0.15, 0.2) is 66.4 Å². The van der Waals surface area contributed by atoms with E-state index in [0.717, 1.165) is 43.0 Å². The lowest BCUT2D eigenvalue weighted by Gasteiger charge is -2.37. The average molecular weight is 393 g/mol. The third-order valence-electron chi connectivity index (χ3n) is 5.21. The Morgan fingerprint density at radius 3 is 2.82 bits per heavy atom. The summed E-state index contributed by atoms with van der Waals surface area (Å²) in [5.41, 5.74) is 2.20. The SMILES string of the molecule is O=C(N[C@H](c1ccccn1)[C@H]1CCCN(Cc2ccncc2)C1)c1cccs1. The van der Waals surface area contributed by atoms with E-state index in [-0.39, 0.29) is 11.9 Å². The molecule has 1 aliphatic heterocycles. The molecule has 0 radical (unpaired) electrons. The molecule has 0 unspecified atom stereocenters. The number of pyridine rings is 2. The van der Waals surface area contributed by atoms with Crippen LogP contribution in [0.5, 0.6) is 0 Å². The predicted octanol–water partition coefficient (Wildman–Crippen LogP) is 3.92. The molecular formula is C22H24N4OS. The molecule has 1 aliphatic rings. The Bertz CT molecular complexity index is 870. The van der Waals surface area contributed by atoms with Crippen molar-refractivity contribution in [3.8, 4) is 0 Å². The lowest BCUT2D eigenvalue weighted by atomic mass is 9.88. The number of nitrogens with zero attached hydrogens (tertiary/aromatic N) is 3. The Labute approximate surface area is 169 Å². The van der Waals surface area contributed by atoms with E-state index in [2.05, 4.69) is 32.3 Å². The molecule has 1 amide bonds. The summed E-state index contributed by atoms with van der Waals surface area (Å²) in [5.74, 6) is 0.311. The van der Waals surface area contributed by atoms with Crippen LogP contribution in [0.25, 0.3) is 0 Å². The Morgan fingerprint density at radius 2 is 2.07 bits per heavy atom. The van der Waals surface area contributed by atoms with Gasteiger partial charge in [-0.15, -0.1) is 11.3 Å². The van der Waals surface area contributed by atoms with Crippen molar-refractivity contribution in [3.63, 3.8) is 0 Å². The van der Waals surface area contributed by atoms with Gasteiger partial charge in [0.15, 0.2) is 0 Å². The van der Waals surface area contributed by atoms with Crippen molar-refractivity contribution >= 4 is 17.2 Å². The lowest BCUT2D eigenvalue weighted by Crippen LogP contribution is -2.42. The second-order valence-electron chi connectivity index (χ2n) is 7.18. The zero-order chi connectivity index (χ0) is 19.2. The smallest absolute Gasteiger partial charge is 0.261 e. The monoisotopic (exact) mass is 392 g/mol. The van der Waals surface area contributed by atoms with Crippen molar-refractivity contribution in [2.45, 2.75) is 25.4 Å². The first-order valence-electron chi connectivity index (χ1n) is 9.66. The van der Waals surface area contributed by atoms with E-state index in [1.165, 1.54) is 16.9 Å². The van der Waals surface area contributed by atoms with E-state index < -0.39 is 0 Å². The Hall–Kier alpha value is -2.57. The molecule has 4 heterocycles. The summed E-state index contributed by atoms with van der Waals surface area (Å²) in [4.78, 5) is 24.6. The maximum absolute atomic E-state index is 12.8. The molecule has 1 fully saturated rings. The highest BCUT2D eigenvalue weighted by Gasteiger charge is 2.30. The van der Waals surface area contributed by atoms with Crippen LogP contribution in [0.2, 0.25) is 0 Å². The second-order valence-corrected chi connectivity index (χ2v) is 8.12. The predicted molar refractivity (Wildman–Crippen MR) is 111 cm³/mol. The van der Waals surface area contributed by atoms with E-state index in [1.807, 2.05) is 48.1 Å². The van der Waals surface area contributed by atoms with E-state index in [4.69, 9.17) is 0 Å². The standard InChI is InChI=1S/C22H24N4OS/c27-22(20-7-4-14-28-20)25-21(19-6-1-2-10-24-19)18-5-3-13-26(16-18)15-17-8-11-23-12-9-17/h1-2,4,6-12,14,18,21H,3,5,13,15-16H2,(H,25,27)/t18-,21-/m0/s1. The summed E-state index contributed by atoms with van der Waals surface area (Å²) in [6.45, 7) is 2.92. The average Bonchev–Trinajstić information content (AvgIpc) is 3.29. The van der Waals surface area contributed by atoms with Crippen LogP contribution in [0.3, 0.4) is 0 Å². The quantitative estimate of drug-likeness (QED) is 0.691. The van der Waals surface area contributed by atoms with Crippen LogP contribution < -0.4 is 5.32 Å². The van der Waals surface area contributed by atoms with Crippen molar-refractivity contribution in [2.75, 3.05) is 13.1 Å². The molecule has 3 aromatic rings. The molecule has 6 heteroatoms. The minimum Gasteiger partial charge on any atom is -0.343 e. The fourth-order valence-electron chi connectivity index (χ4n) is 3.87. The molecule has 0 spiro atoms. The lowest BCUT2D eigenvalue weighted by molar-refractivity contribution is 0.0879. The van der Waals surface area contributed by atoms with Gasteiger partial charge in [-0.05, 0) is 66.6 Å². The summed E-state index contributed by atoms with van der Waals surface area (Å²) in [7, 11) is 0. The van der Waals surface area contributed by atoms with Crippen LogP contribution in [0.1, 0.15) is 39.8 Å². The summed E-state index contributed by atoms with van der Waals surface area (Å²) in [6.07, 6.45) is 7.69. The number of amides is 1. The third kappa shape index (κ3) is 4.64. The zero-order valence-corrected chi connectivity index (χ0v) is 16.5. The Kier molecular flexibility index (Phi) is 6.09. The minimum absolute atomic E-state index is 0.0167. The van der Waals surface area contributed by atoms with Gasteiger partial charge in [0.1, 0.15) is 0 Å². The van der Waals surface area contributed by atoms with Crippen LogP contribution in [-0.4, -0.2) is 33.9 Å². The number of aromatic nitrogens is 2. The van der Waals surface area contributed by atoms with Gasteiger partial charge >= 0.3 is 0 Å². The molecule has 2 atom stereocenters. The van der Waals surface area contributed by atoms with Gasteiger partial charge in [0, 0.05) is 31.7 Å². The molecule has 3 aromatic heterocycles. The first kappa shape index (κ1) is 18.8. The zero-order valence-electron chi connectivity index (χ0n) is 15.7. The molecule has 0 bridgehead atoms. The van der Waals surface area contributed by atoms with Crippen LogP contribution in [0, 0.1) is 5.92 Å². The van der Waals surface area contributed by atoms with Gasteiger partial charge < -0.3 is 5.32 Å². The minimum atomic E-state index is -0.0870. The second kappa shape index (κ2) is 9.08. The number of nitrogens with one attached hydrogen (secondary N) is 1. The molecule has 1 N–H and O–H groups in total. The first-order chi connectivity index (χ1) is 13.8. The summed E-state index contributed by atoms with van der Waals surface area (Å²) in [5, 5.41) is 5.19. The van der Waals surface area contributed by atoms with E-state index in [9.17, 15) is 4.79 Å². The number of rotatable bonds is 6. The van der Waals surface area contributed by atoms with Crippen molar-refractivity contribution in [3.05, 3.63) is 82.6 Å². The molecule has 144 valence electrons. The molecule has 0 aromatic carbocycles. The number of hydrogen-bond donors (Lipinski definition) is 1. The van der Waals surface area contributed by atoms with Crippen molar-refractivity contribution in [1.29, 1.82) is 0 Å². The van der Waals surface area contributed by atoms with Crippen LogP contribution in [0.4, 0.5) is 0 Å². The Balaban J connectivity index is 1.51. The molecule has 5 nitrogen and oxygen atoms in total. The molecule has 0 aliphatic carbocycles. The number of carbonyl (C=O) groups excluding carboxylic acids is 1. The van der Waals surface area contributed by atoms with Gasteiger partial charge in [0.2, 0.25) is 0 Å². The molecular weight excluding hydrogens is 368 g/mol. The van der Waals surface area contributed by atoms with Gasteiger partial charge in [-0.2, -0.15) is 0 Å². The van der Waals surface area contributed by atoms with Gasteiger partial charge in [-0.1, -0.05) is 12.1 Å². The third-order valence-corrected chi connectivity index (χ3v) is 6.08. The highest BCUT2D eigenvalue weighted by Crippen LogP contribution is 2.30. The van der Waals surface area contributed by atoms with Crippen LogP contribution in [-0.2, 0) is 6.54 Å². The highest BCUT2D eigenvalue weighted by molar-refractivity contribution is 7.12. The number of hydrogen-bond acceptors (Lipinski definition) is 5. The maximum atomic E-state index is 12.8. The van der Waals surface area contributed by atoms with Gasteiger partial charge in [-0.3, -0.25) is 19.7 Å². The van der Waals surface area contributed by atoms with Crippen molar-refractivity contribution < 1.29 is 4.79 Å². The molecule has 1 saturated heterocycles. The molecule has 4 rings (SSSR count). The van der Waals surface area contributed by atoms with Crippen molar-refractivity contribution in [1.82, 2.24) is 20.2 Å². The fraction of sp³-hybridized carbons (Fsp3) is 0.318. The Morgan fingerprint density at radius 1 is 1.18 bits per heavy atom. The summed E-state index contributed by atoms with van der Waals surface area (Å²) < 4.78 is 0. The number of piperidine rings is 1. The van der Waals surface area contributed by atoms with Gasteiger partial charge in [0.05, 0.1) is 16.6 Å². The first-order valence-corrected chi connectivity index (χ1v) is 10.5.